The summed E-state index contributed by atoms with van der Waals surface area (Å²) in [4.78, 5) is 16.8. The van der Waals surface area contributed by atoms with Crippen molar-refractivity contribution in [3.63, 3.8) is 0 Å². The van der Waals surface area contributed by atoms with E-state index in [1.54, 1.807) is 6.20 Å². The Hall–Kier alpha value is -1.88. The van der Waals surface area contributed by atoms with Crippen LogP contribution in [0.1, 0.15) is 19.4 Å². The van der Waals surface area contributed by atoms with Crippen LogP contribution >= 0.6 is 0 Å². The molecule has 1 aliphatic carbocycles. The van der Waals surface area contributed by atoms with Crippen LogP contribution in [0.5, 0.6) is 0 Å². The van der Waals surface area contributed by atoms with Gasteiger partial charge in [-0.05, 0) is 56.5 Å². The van der Waals surface area contributed by atoms with Gasteiger partial charge in [0.2, 0.25) is 5.91 Å². The molecule has 110 valence electrons. The van der Waals surface area contributed by atoms with E-state index in [4.69, 9.17) is 0 Å². The number of hydrogen-bond donors (Lipinski definition) is 2. The van der Waals surface area contributed by atoms with E-state index in [1.165, 1.54) is 0 Å². The van der Waals surface area contributed by atoms with Gasteiger partial charge in [0.15, 0.2) is 0 Å². The number of rotatable bonds is 3. The van der Waals surface area contributed by atoms with Crippen molar-refractivity contribution < 1.29 is 4.79 Å². The number of imidazole rings is 1. The molecule has 5 heteroatoms. The first-order valence-corrected chi connectivity index (χ1v) is 7.52. The predicted molar refractivity (Wildman–Crippen MR) is 79.7 cm³/mol. The molecule has 1 amide bonds. The van der Waals surface area contributed by atoms with Crippen molar-refractivity contribution in [2.24, 2.45) is 17.8 Å². The molecule has 4 rings (SSSR count). The number of piperidine rings is 1. The van der Waals surface area contributed by atoms with Gasteiger partial charge in [-0.15, -0.1) is 0 Å². The number of carbonyl (C=O) groups is 1. The van der Waals surface area contributed by atoms with Crippen LogP contribution in [-0.2, 0) is 10.3 Å². The van der Waals surface area contributed by atoms with Crippen LogP contribution in [0, 0.1) is 17.8 Å². The first-order chi connectivity index (χ1) is 10.1. The maximum Gasteiger partial charge on any atom is 0.224 e. The summed E-state index contributed by atoms with van der Waals surface area (Å²) >= 11 is 0. The van der Waals surface area contributed by atoms with Gasteiger partial charge >= 0.3 is 0 Å². The highest BCUT2D eigenvalue weighted by atomic mass is 16.2. The molecule has 1 saturated heterocycles. The lowest BCUT2D eigenvalue weighted by atomic mass is 9.94. The molecular formula is C16H20N4O. The minimum Gasteiger partial charge on any atom is -0.347 e. The molecule has 21 heavy (non-hydrogen) atoms. The summed E-state index contributed by atoms with van der Waals surface area (Å²) in [5, 5.41) is 6.54. The Morgan fingerprint density at radius 1 is 1.38 bits per heavy atom. The van der Waals surface area contributed by atoms with Gasteiger partial charge in [-0.25, -0.2) is 4.98 Å². The standard InChI is InChI=1S/C16H20N4O/c1-16(2,10-3-5-20-6-4-18-13(20)7-10)19-15(21)14-11-8-17-9-12(11)14/h3-7,11-12,14,17H,8-9H2,1-2H3,(H,19,21). The number of carbonyl (C=O) groups excluding carboxylic acids is 1. The lowest BCUT2D eigenvalue weighted by molar-refractivity contribution is -0.124. The minimum absolute atomic E-state index is 0.194. The molecule has 1 saturated carbocycles. The van der Waals surface area contributed by atoms with E-state index in [9.17, 15) is 4.79 Å². The smallest absolute Gasteiger partial charge is 0.224 e. The molecule has 5 nitrogen and oxygen atoms in total. The monoisotopic (exact) mass is 284 g/mol. The Labute approximate surface area is 123 Å². The second-order valence-corrected chi connectivity index (χ2v) is 6.73. The zero-order valence-electron chi connectivity index (χ0n) is 12.3. The van der Waals surface area contributed by atoms with E-state index in [0.29, 0.717) is 11.8 Å². The molecule has 2 aromatic rings. The normalized spacial score (nSPS) is 27.6. The van der Waals surface area contributed by atoms with Gasteiger partial charge in [-0.2, -0.15) is 0 Å². The zero-order chi connectivity index (χ0) is 14.6. The van der Waals surface area contributed by atoms with Crippen molar-refractivity contribution in [2.75, 3.05) is 13.1 Å². The van der Waals surface area contributed by atoms with Crippen LogP contribution in [0.15, 0.2) is 30.7 Å². The topological polar surface area (TPSA) is 58.4 Å². The van der Waals surface area contributed by atoms with Crippen LogP contribution < -0.4 is 10.6 Å². The predicted octanol–water partition coefficient (Wildman–Crippen LogP) is 1.15. The number of fused-ring (bicyclic) bond motifs is 2. The molecule has 0 bridgehead atoms. The summed E-state index contributed by atoms with van der Waals surface area (Å²) in [6.45, 7) is 6.08. The average molecular weight is 284 g/mol. The third kappa shape index (κ3) is 2.03. The molecule has 0 radical (unpaired) electrons. The Morgan fingerprint density at radius 2 is 2.14 bits per heavy atom. The molecule has 2 aromatic heterocycles. The van der Waals surface area contributed by atoms with E-state index in [1.807, 2.05) is 28.9 Å². The summed E-state index contributed by atoms with van der Waals surface area (Å²) in [6, 6.07) is 4.08. The number of amides is 1. The molecular weight excluding hydrogens is 264 g/mol. The van der Waals surface area contributed by atoms with Crippen LogP contribution in [-0.4, -0.2) is 28.4 Å². The van der Waals surface area contributed by atoms with Crippen LogP contribution in [0.4, 0.5) is 0 Å². The summed E-state index contributed by atoms with van der Waals surface area (Å²) in [5.41, 5.74) is 1.61. The zero-order valence-corrected chi connectivity index (χ0v) is 12.3. The van der Waals surface area contributed by atoms with Gasteiger partial charge in [-0.3, -0.25) is 4.79 Å². The van der Waals surface area contributed by atoms with E-state index in [2.05, 4.69) is 29.5 Å². The van der Waals surface area contributed by atoms with E-state index >= 15 is 0 Å². The second kappa shape index (κ2) is 4.31. The Morgan fingerprint density at radius 3 is 2.90 bits per heavy atom. The number of pyridine rings is 1. The van der Waals surface area contributed by atoms with Crippen molar-refractivity contribution >= 4 is 11.6 Å². The maximum atomic E-state index is 12.5. The fourth-order valence-corrected chi connectivity index (χ4v) is 3.57. The Balaban J connectivity index is 1.53. The van der Waals surface area contributed by atoms with Crippen LogP contribution in [0.25, 0.3) is 5.65 Å². The van der Waals surface area contributed by atoms with E-state index < -0.39 is 0 Å². The fraction of sp³-hybridized carbons (Fsp3) is 0.500. The number of nitrogens with one attached hydrogen (secondary N) is 2. The van der Waals surface area contributed by atoms with E-state index in [-0.39, 0.29) is 17.4 Å². The SMILES string of the molecule is CC(C)(NC(=O)C1C2CNCC21)c1ccn2ccnc2c1. The van der Waals surface area contributed by atoms with Crippen LogP contribution in [0.3, 0.4) is 0 Å². The molecule has 2 atom stereocenters. The lowest BCUT2D eigenvalue weighted by Gasteiger charge is -2.27. The number of nitrogens with zero attached hydrogens (tertiary/aromatic N) is 2. The summed E-state index contributed by atoms with van der Waals surface area (Å²) in [7, 11) is 0. The molecule has 2 N–H and O–H groups in total. The third-order valence-electron chi connectivity index (χ3n) is 4.95. The van der Waals surface area contributed by atoms with Gasteiger partial charge < -0.3 is 15.0 Å². The highest BCUT2D eigenvalue weighted by Crippen LogP contribution is 2.49. The van der Waals surface area contributed by atoms with E-state index in [0.717, 1.165) is 24.3 Å². The fourth-order valence-electron chi connectivity index (χ4n) is 3.57. The summed E-state index contributed by atoms with van der Waals surface area (Å²) in [5.74, 6) is 1.51. The maximum absolute atomic E-state index is 12.5. The van der Waals surface area contributed by atoms with Crippen molar-refractivity contribution in [2.45, 2.75) is 19.4 Å². The first-order valence-electron chi connectivity index (χ1n) is 7.52. The molecule has 2 unspecified atom stereocenters. The molecule has 2 aliphatic rings. The van der Waals surface area contributed by atoms with Gasteiger partial charge in [0, 0.05) is 24.5 Å². The summed E-state index contributed by atoms with van der Waals surface area (Å²) < 4.78 is 1.97. The first kappa shape index (κ1) is 12.8. The highest BCUT2D eigenvalue weighted by Gasteiger charge is 2.57. The summed E-state index contributed by atoms with van der Waals surface area (Å²) in [6.07, 6.45) is 5.69. The van der Waals surface area contributed by atoms with Crippen molar-refractivity contribution in [1.29, 1.82) is 0 Å². The Kier molecular flexibility index (Phi) is 2.63. The van der Waals surface area contributed by atoms with Crippen LogP contribution in [0.2, 0.25) is 0 Å². The van der Waals surface area contributed by atoms with Gasteiger partial charge in [0.1, 0.15) is 5.65 Å². The highest BCUT2D eigenvalue weighted by molar-refractivity contribution is 5.83. The largest absolute Gasteiger partial charge is 0.347 e. The molecule has 1 aliphatic heterocycles. The average Bonchev–Trinajstić information content (AvgIpc) is 2.83. The molecule has 0 aromatic carbocycles. The van der Waals surface area contributed by atoms with Gasteiger partial charge in [0.25, 0.3) is 0 Å². The quantitative estimate of drug-likeness (QED) is 0.889. The number of hydrogen-bond acceptors (Lipinski definition) is 3. The molecule has 0 spiro atoms. The molecule has 3 heterocycles. The molecule has 2 fully saturated rings. The van der Waals surface area contributed by atoms with Crippen molar-refractivity contribution in [3.05, 3.63) is 36.3 Å². The number of aromatic nitrogens is 2. The van der Waals surface area contributed by atoms with Crippen molar-refractivity contribution in [1.82, 2.24) is 20.0 Å². The minimum atomic E-state index is -0.380. The third-order valence-corrected chi connectivity index (χ3v) is 4.95. The second-order valence-electron chi connectivity index (χ2n) is 6.73. The Bertz CT molecular complexity index is 695. The van der Waals surface area contributed by atoms with Gasteiger partial charge in [0.05, 0.1) is 5.54 Å². The lowest BCUT2D eigenvalue weighted by Crippen LogP contribution is -2.43. The van der Waals surface area contributed by atoms with Crippen molar-refractivity contribution in [3.8, 4) is 0 Å². The van der Waals surface area contributed by atoms with Gasteiger partial charge in [-0.1, -0.05) is 0 Å².